The van der Waals surface area contributed by atoms with Crippen molar-refractivity contribution in [1.82, 2.24) is 5.32 Å². The molecule has 0 saturated heterocycles. The molecule has 112 valence electrons. The fraction of sp³-hybridized carbons (Fsp3) is 0.647. The Morgan fingerprint density at radius 2 is 2.10 bits per heavy atom. The molecule has 0 amide bonds. The van der Waals surface area contributed by atoms with Gasteiger partial charge in [-0.15, -0.1) is 0 Å². The van der Waals surface area contributed by atoms with Crippen LogP contribution in [0.25, 0.3) is 0 Å². The van der Waals surface area contributed by atoms with E-state index in [0.29, 0.717) is 16.9 Å². The molecule has 2 rings (SSSR count). The van der Waals surface area contributed by atoms with Crippen LogP contribution in [-0.4, -0.2) is 13.1 Å². The van der Waals surface area contributed by atoms with E-state index in [1.807, 2.05) is 6.07 Å². The highest BCUT2D eigenvalue weighted by atomic mass is 35.5. The summed E-state index contributed by atoms with van der Waals surface area (Å²) in [6, 6.07) is 4.80. The minimum absolute atomic E-state index is 0.250. The van der Waals surface area contributed by atoms with Crippen molar-refractivity contribution in [2.24, 2.45) is 17.8 Å². The molecular formula is C17H25ClFN. The van der Waals surface area contributed by atoms with Gasteiger partial charge < -0.3 is 5.32 Å². The Bertz CT molecular complexity index is 433. The number of hydrogen-bond acceptors (Lipinski definition) is 1. The summed E-state index contributed by atoms with van der Waals surface area (Å²) in [7, 11) is 0. The molecule has 1 aromatic carbocycles. The topological polar surface area (TPSA) is 12.0 Å². The monoisotopic (exact) mass is 297 g/mol. The van der Waals surface area contributed by atoms with Gasteiger partial charge in [-0.3, -0.25) is 0 Å². The molecule has 0 heterocycles. The molecule has 20 heavy (non-hydrogen) atoms. The van der Waals surface area contributed by atoms with Gasteiger partial charge in [0.15, 0.2) is 0 Å². The predicted octanol–water partition coefficient (Wildman–Crippen LogP) is 4.68. The molecule has 0 radical (unpaired) electrons. The summed E-state index contributed by atoms with van der Waals surface area (Å²) in [5.41, 5.74) is 1.09. The highest BCUT2D eigenvalue weighted by Gasteiger charge is 2.28. The molecule has 1 N–H and O–H groups in total. The van der Waals surface area contributed by atoms with E-state index in [2.05, 4.69) is 19.2 Å². The van der Waals surface area contributed by atoms with Gasteiger partial charge in [-0.25, -0.2) is 4.39 Å². The Labute approximate surface area is 126 Å². The lowest BCUT2D eigenvalue weighted by Gasteiger charge is -2.35. The van der Waals surface area contributed by atoms with Gasteiger partial charge >= 0.3 is 0 Å². The van der Waals surface area contributed by atoms with Crippen molar-refractivity contribution in [3.63, 3.8) is 0 Å². The Balaban J connectivity index is 2.06. The van der Waals surface area contributed by atoms with E-state index in [-0.39, 0.29) is 5.82 Å². The molecular weight excluding hydrogens is 273 g/mol. The van der Waals surface area contributed by atoms with E-state index in [1.165, 1.54) is 31.4 Å². The molecule has 1 aromatic rings. The van der Waals surface area contributed by atoms with Crippen LogP contribution in [0.3, 0.4) is 0 Å². The second-order valence-electron chi connectivity index (χ2n) is 6.19. The lowest BCUT2D eigenvalue weighted by molar-refractivity contribution is 0.184. The molecule has 1 fully saturated rings. The molecule has 3 heteroatoms. The lowest BCUT2D eigenvalue weighted by Crippen LogP contribution is -2.33. The molecule has 3 atom stereocenters. The maximum absolute atomic E-state index is 13.1. The van der Waals surface area contributed by atoms with Crippen molar-refractivity contribution in [3.8, 4) is 0 Å². The molecule has 0 bridgehead atoms. The van der Waals surface area contributed by atoms with Crippen LogP contribution in [0, 0.1) is 23.6 Å². The largest absolute Gasteiger partial charge is 0.317 e. The van der Waals surface area contributed by atoms with Crippen LogP contribution >= 0.6 is 11.6 Å². The average Bonchev–Trinajstić information content (AvgIpc) is 2.41. The second-order valence-corrected chi connectivity index (χ2v) is 6.59. The van der Waals surface area contributed by atoms with Gasteiger partial charge in [-0.2, -0.15) is 0 Å². The predicted molar refractivity (Wildman–Crippen MR) is 83.7 cm³/mol. The zero-order valence-electron chi connectivity index (χ0n) is 12.5. The quantitative estimate of drug-likeness (QED) is 0.832. The highest BCUT2D eigenvalue weighted by Crippen LogP contribution is 2.36. The van der Waals surface area contributed by atoms with Crippen LogP contribution in [0.4, 0.5) is 4.39 Å². The fourth-order valence-electron chi connectivity index (χ4n) is 3.38. The molecule has 3 unspecified atom stereocenters. The summed E-state index contributed by atoms with van der Waals surface area (Å²) in [5, 5.41) is 4.05. The molecule has 1 saturated carbocycles. The van der Waals surface area contributed by atoms with Crippen molar-refractivity contribution in [2.45, 2.75) is 39.5 Å². The summed E-state index contributed by atoms with van der Waals surface area (Å²) in [6.45, 7) is 6.60. The lowest BCUT2D eigenvalue weighted by atomic mass is 9.72. The third-order valence-corrected chi connectivity index (χ3v) is 4.91. The minimum atomic E-state index is -0.250. The van der Waals surface area contributed by atoms with Crippen LogP contribution in [0.1, 0.15) is 38.7 Å². The zero-order chi connectivity index (χ0) is 14.5. The van der Waals surface area contributed by atoms with Crippen molar-refractivity contribution >= 4 is 11.6 Å². The summed E-state index contributed by atoms with van der Waals surface area (Å²) in [5.74, 6) is 1.91. The first kappa shape index (κ1) is 15.8. The van der Waals surface area contributed by atoms with Crippen LogP contribution in [0.15, 0.2) is 18.2 Å². The number of halogens is 2. The summed E-state index contributed by atoms with van der Waals surface area (Å²) in [4.78, 5) is 0. The smallest absolute Gasteiger partial charge is 0.124 e. The number of rotatable bonds is 5. The first-order chi connectivity index (χ1) is 9.60. The van der Waals surface area contributed by atoms with Gasteiger partial charge in [0.05, 0.1) is 0 Å². The molecule has 1 aliphatic carbocycles. The summed E-state index contributed by atoms with van der Waals surface area (Å²) >= 11 is 6.18. The maximum atomic E-state index is 13.1. The third-order valence-electron chi connectivity index (χ3n) is 4.56. The van der Waals surface area contributed by atoms with Crippen molar-refractivity contribution in [1.29, 1.82) is 0 Å². The third kappa shape index (κ3) is 4.20. The van der Waals surface area contributed by atoms with Crippen molar-refractivity contribution < 1.29 is 4.39 Å². The van der Waals surface area contributed by atoms with Crippen molar-refractivity contribution in [3.05, 3.63) is 34.6 Å². The normalized spacial score (nSPS) is 26.7. The number of nitrogens with one attached hydrogen (secondary N) is 1. The molecule has 0 aliphatic heterocycles. The summed E-state index contributed by atoms with van der Waals surface area (Å²) in [6.07, 6.45) is 4.84. The Morgan fingerprint density at radius 1 is 1.30 bits per heavy atom. The second kappa shape index (κ2) is 7.42. The Hall–Kier alpha value is -0.600. The van der Waals surface area contributed by atoms with E-state index in [0.717, 1.165) is 31.0 Å². The number of benzene rings is 1. The standard InChI is InChI=1S/C17H25ClFN/c1-3-20-11-14-5-4-12(2)8-15(14)9-13-6-7-16(19)10-17(13)18/h6-7,10,12,14-15,20H,3-5,8-9,11H2,1-2H3. The first-order valence-electron chi connectivity index (χ1n) is 7.74. The Kier molecular flexibility index (Phi) is 5.86. The van der Waals surface area contributed by atoms with Crippen LogP contribution in [0.5, 0.6) is 0 Å². The van der Waals surface area contributed by atoms with Crippen LogP contribution in [-0.2, 0) is 6.42 Å². The maximum Gasteiger partial charge on any atom is 0.124 e. The summed E-state index contributed by atoms with van der Waals surface area (Å²) < 4.78 is 13.1. The van der Waals surface area contributed by atoms with E-state index in [4.69, 9.17) is 11.6 Å². The van der Waals surface area contributed by atoms with Gasteiger partial charge in [0.25, 0.3) is 0 Å². The highest BCUT2D eigenvalue weighted by molar-refractivity contribution is 6.31. The van der Waals surface area contributed by atoms with Crippen LogP contribution < -0.4 is 5.32 Å². The minimum Gasteiger partial charge on any atom is -0.317 e. The Morgan fingerprint density at radius 3 is 2.80 bits per heavy atom. The van der Waals surface area contributed by atoms with E-state index in [9.17, 15) is 4.39 Å². The SMILES string of the molecule is CCNCC1CCC(C)CC1Cc1ccc(F)cc1Cl. The molecule has 1 aliphatic rings. The zero-order valence-corrected chi connectivity index (χ0v) is 13.2. The average molecular weight is 298 g/mol. The van der Waals surface area contributed by atoms with Crippen molar-refractivity contribution in [2.75, 3.05) is 13.1 Å². The van der Waals surface area contributed by atoms with Crippen LogP contribution in [0.2, 0.25) is 5.02 Å². The van der Waals surface area contributed by atoms with Gasteiger partial charge in [0.2, 0.25) is 0 Å². The van der Waals surface area contributed by atoms with Gasteiger partial charge in [0, 0.05) is 5.02 Å². The first-order valence-corrected chi connectivity index (χ1v) is 8.12. The molecule has 1 nitrogen and oxygen atoms in total. The fourth-order valence-corrected chi connectivity index (χ4v) is 3.62. The number of hydrogen-bond donors (Lipinski definition) is 1. The van der Waals surface area contributed by atoms with E-state index >= 15 is 0 Å². The van der Waals surface area contributed by atoms with Gasteiger partial charge in [-0.05, 0) is 67.8 Å². The van der Waals surface area contributed by atoms with E-state index < -0.39 is 0 Å². The van der Waals surface area contributed by atoms with Gasteiger partial charge in [-0.1, -0.05) is 37.9 Å². The van der Waals surface area contributed by atoms with E-state index in [1.54, 1.807) is 0 Å². The van der Waals surface area contributed by atoms with Gasteiger partial charge in [0.1, 0.15) is 5.82 Å². The molecule has 0 aromatic heterocycles. The molecule has 0 spiro atoms.